The molecule has 2 N–H and O–H groups in total. The minimum Gasteiger partial charge on any atom is -0.489 e. The lowest BCUT2D eigenvalue weighted by Crippen LogP contribution is -2.74. The minimum absolute atomic E-state index is 0.0677. The number of piperazine rings is 1. The molecule has 37 heavy (non-hydrogen) atoms. The van der Waals surface area contributed by atoms with Gasteiger partial charge in [0.1, 0.15) is 17.9 Å². The zero-order chi connectivity index (χ0) is 27.0. The predicted molar refractivity (Wildman–Crippen MR) is 148 cm³/mol. The van der Waals surface area contributed by atoms with E-state index < -0.39 is 0 Å². The summed E-state index contributed by atoms with van der Waals surface area (Å²) in [4.78, 5) is 15.7. The van der Waals surface area contributed by atoms with Gasteiger partial charge in [-0.05, 0) is 50.1 Å². The summed E-state index contributed by atoms with van der Waals surface area (Å²) in [6, 6.07) is 16.2. The van der Waals surface area contributed by atoms with Crippen LogP contribution in [0.2, 0.25) is 5.02 Å². The highest BCUT2D eigenvalue weighted by atomic mass is 35.5. The van der Waals surface area contributed by atoms with Gasteiger partial charge in [-0.1, -0.05) is 51.4 Å². The maximum Gasteiger partial charge on any atom is 0.251 e. The van der Waals surface area contributed by atoms with Gasteiger partial charge >= 0.3 is 0 Å². The molecule has 1 saturated heterocycles. The van der Waals surface area contributed by atoms with Crippen LogP contribution in [-0.4, -0.2) is 54.7 Å². The molecule has 6 nitrogen and oxygen atoms in total. The third kappa shape index (κ3) is 5.50. The molecular formula is C30H39ClN4O2. The van der Waals surface area contributed by atoms with Gasteiger partial charge in [0.15, 0.2) is 0 Å². The van der Waals surface area contributed by atoms with Crippen molar-refractivity contribution in [2.45, 2.75) is 72.2 Å². The first-order valence-corrected chi connectivity index (χ1v) is 13.6. The molecule has 1 aliphatic heterocycles. The van der Waals surface area contributed by atoms with Crippen molar-refractivity contribution < 1.29 is 9.53 Å². The largest absolute Gasteiger partial charge is 0.489 e. The Bertz CT molecular complexity index is 1150. The first-order chi connectivity index (χ1) is 17.4. The first-order valence-electron chi connectivity index (χ1n) is 13.2. The van der Waals surface area contributed by atoms with E-state index in [0.717, 1.165) is 26.1 Å². The number of benzene rings is 2. The van der Waals surface area contributed by atoms with E-state index in [-0.39, 0.29) is 28.9 Å². The Morgan fingerprint density at radius 2 is 1.73 bits per heavy atom. The van der Waals surface area contributed by atoms with Crippen LogP contribution < -0.4 is 15.4 Å². The molecule has 0 spiro atoms. The third-order valence-electron chi connectivity index (χ3n) is 8.32. The molecule has 0 bridgehead atoms. The lowest BCUT2D eigenvalue weighted by Gasteiger charge is -2.63. The van der Waals surface area contributed by atoms with E-state index in [1.54, 1.807) is 18.2 Å². The van der Waals surface area contributed by atoms with Crippen molar-refractivity contribution in [2.75, 3.05) is 19.6 Å². The number of carbonyl (C=O) groups is 1. The second kappa shape index (κ2) is 10.6. The number of rotatable bonds is 7. The van der Waals surface area contributed by atoms with Gasteiger partial charge in [0.25, 0.3) is 5.91 Å². The Morgan fingerprint density at radius 1 is 1.11 bits per heavy atom. The third-order valence-corrected chi connectivity index (χ3v) is 8.63. The summed E-state index contributed by atoms with van der Waals surface area (Å²) in [7, 11) is 0. The molecule has 7 heteroatoms. The molecule has 1 heterocycles. The van der Waals surface area contributed by atoms with Crippen molar-refractivity contribution in [3.05, 3.63) is 64.2 Å². The molecule has 2 aromatic rings. The molecule has 2 atom stereocenters. The fraction of sp³-hybridized carbons (Fsp3) is 0.533. The molecule has 2 fully saturated rings. The number of hydrogen-bond donors (Lipinski definition) is 2. The van der Waals surface area contributed by atoms with Gasteiger partial charge in [0, 0.05) is 60.2 Å². The number of halogens is 1. The van der Waals surface area contributed by atoms with E-state index in [1.807, 2.05) is 12.1 Å². The van der Waals surface area contributed by atoms with Crippen molar-refractivity contribution >= 4 is 17.5 Å². The topological polar surface area (TPSA) is 77.4 Å². The van der Waals surface area contributed by atoms with Crippen LogP contribution in [0.5, 0.6) is 5.75 Å². The van der Waals surface area contributed by atoms with Crippen molar-refractivity contribution in [2.24, 2.45) is 10.8 Å². The van der Waals surface area contributed by atoms with Gasteiger partial charge in [-0.2, -0.15) is 5.26 Å². The minimum atomic E-state index is -0.295. The van der Waals surface area contributed by atoms with Crippen molar-refractivity contribution in [1.82, 2.24) is 15.5 Å². The maximum atomic E-state index is 13.2. The monoisotopic (exact) mass is 522 g/mol. The molecule has 1 saturated carbocycles. The number of carbonyl (C=O) groups excluding carboxylic acids is 1. The quantitative estimate of drug-likeness (QED) is 0.532. The number of nitrogens with one attached hydrogen (secondary N) is 2. The van der Waals surface area contributed by atoms with E-state index >= 15 is 0 Å². The number of ether oxygens (including phenoxy) is 1. The number of nitriles is 1. The summed E-state index contributed by atoms with van der Waals surface area (Å²) in [6.45, 7) is 16.1. The highest BCUT2D eigenvalue weighted by molar-refractivity contribution is 6.31. The fourth-order valence-corrected chi connectivity index (χ4v) is 6.71. The summed E-state index contributed by atoms with van der Waals surface area (Å²) in [5.74, 6) is 0.557. The maximum absolute atomic E-state index is 13.2. The van der Waals surface area contributed by atoms with Crippen LogP contribution in [0.3, 0.4) is 0 Å². The Labute approximate surface area is 226 Å². The molecular weight excluding hydrogens is 484 g/mol. The summed E-state index contributed by atoms with van der Waals surface area (Å²) >= 11 is 6.20. The van der Waals surface area contributed by atoms with E-state index in [0.29, 0.717) is 34.0 Å². The van der Waals surface area contributed by atoms with Crippen LogP contribution in [0.15, 0.2) is 42.5 Å². The van der Waals surface area contributed by atoms with E-state index in [2.05, 4.69) is 75.3 Å². The Balaban J connectivity index is 1.36. The van der Waals surface area contributed by atoms with Crippen LogP contribution in [0.25, 0.3) is 0 Å². The molecule has 1 amide bonds. The number of hydrogen-bond acceptors (Lipinski definition) is 5. The molecule has 0 aromatic heterocycles. The molecule has 0 radical (unpaired) electrons. The van der Waals surface area contributed by atoms with Crippen LogP contribution >= 0.6 is 11.6 Å². The zero-order valence-electron chi connectivity index (χ0n) is 22.8. The average Bonchev–Trinajstić information content (AvgIpc) is 2.85. The van der Waals surface area contributed by atoms with Gasteiger partial charge in [0.05, 0.1) is 10.6 Å². The van der Waals surface area contributed by atoms with E-state index in [4.69, 9.17) is 21.6 Å². The van der Waals surface area contributed by atoms with Crippen molar-refractivity contribution in [3.8, 4) is 11.8 Å². The number of amides is 1. The van der Waals surface area contributed by atoms with E-state index in [9.17, 15) is 4.79 Å². The summed E-state index contributed by atoms with van der Waals surface area (Å²) in [5.41, 5.74) is 1.74. The standard InChI is InChI=1S/C30H39ClN4O2/c1-19-17-33-18-20(2)35(19)14-13-21-7-9-22(10-8-21)26(36)34-27-29(3,4)28(30(27,5)6)37-24-12-11-23(16-32)25(31)15-24/h7-12,15,19-20,27-28,33H,13-14,17-18H2,1-6H3,(H,34,36)/t19-,20+,27?,28?. The Morgan fingerprint density at radius 3 is 2.30 bits per heavy atom. The fourth-order valence-electron chi connectivity index (χ4n) is 6.50. The molecule has 4 rings (SSSR count). The number of nitrogens with zero attached hydrogens (tertiary/aromatic N) is 2. The van der Waals surface area contributed by atoms with Crippen molar-refractivity contribution in [1.29, 1.82) is 5.26 Å². The van der Waals surface area contributed by atoms with Gasteiger partial charge < -0.3 is 15.4 Å². The molecule has 0 unspecified atom stereocenters. The Hall–Kier alpha value is -2.59. The summed E-state index contributed by atoms with van der Waals surface area (Å²) in [5, 5.41) is 16.2. The van der Waals surface area contributed by atoms with Crippen LogP contribution in [0, 0.1) is 22.2 Å². The smallest absolute Gasteiger partial charge is 0.251 e. The highest BCUT2D eigenvalue weighted by Gasteiger charge is 2.64. The lowest BCUT2D eigenvalue weighted by molar-refractivity contribution is -0.164. The molecule has 2 aromatic carbocycles. The summed E-state index contributed by atoms with van der Waals surface area (Å²) < 4.78 is 6.33. The predicted octanol–water partition coefficient (Wildman–Crippen LogP) is 5.05. The molecule has 198 valence electrons. The van der Waals surface area contributed by atoms with Crippen LogP contribution in [0.1, 0.15) is 63.0 Å². The molecule has 1 aliphatic carbocycles. The Kier molecular flexibility index (Phi) is 7.90. The van der Waals surface area contributed by atoms with Gasteiger partial charge in [-0.25, -0.2) is 0 Å². The van der Waals surface area contributed by atoms with E-state index in [1.165, 1.54) is 5.56 Å². The highest BCUT2D eigenvalue weighted by Crippen LogP contribution is 2.55. The average molecular weight is 523 g/mol. The normalized spacial score (nSPS) is 26.5. The van der Waals surface area contributed by atoms with Crippen molar-refractivity contribution in [3.63, 3.8) is 0 Å². The first kappa shape index (κ1) is 27.4. The second-order valence-electron chi connectivity index (χ2n) is 11.8. The zero-order valence-corrected chi connectivity index (χ0v) is 23.5. The SMILES string of the molecule is C[C@@H]1CNC[C@H](C)N1CCc1ccc(C(=O)NC2C(C)(C)C(Oc3ccc(C#N)c(Cl)c3)C2(C)C)cc1. The van der Waals surface area contributed by atoms with Gasteiger partial charge in [0.2, 0.25) is 0 Å². The van der Waals surface area contributed by atoms with Crippen LogP contribution in [0.4, 0.5) is 0 Å². The van der Waals surface area contributed by atoms with Crippen LogP contribution in [-0.2, 0) is 6.42 Å². The second-order valence-corrected chi connectivity index (χ2v) is 12.2. The lowest BCUT2D eigenvalue weighted by atomic mass is 9.49. The van der Waals surface area contributed by atoms with Gasteiger partial charge in [-0.3, -0.25) is 9.69 Å². The van der Waals surface area contributed by atoms with Gasteiger partial charge in [-0.15, -0.1) is 0 Å². The summed E-state index contributed by atoms with van der Waals surface area (Å²) in [6.07, 6.45) is 0.837. The molecule has 2 aliphatic rings.